The molecule has 0 saturated heterocycles. The van der Waals surface area contributed by atoms with Crippen molar-refractivity contribution in [1.29, 1.82) is 0 Å². The molecule has 1 aliphatic rings. The fourth-order valence-electron chi connectivity index (χ4n) is 2.66. The minimum absolute atomic E-state index is 0. The lowest BCUT2D eigenvalue weighted by Gasteiger charge is -2.35. The van der Waals surface area contributed by atoms with Crippen LogP contribution in [0.25, 0.3) is 0 Å². The molecule has 0 spiro atoms. The Morgan fingerprint density at radius 1 is 1.22 bits per heavy atom. The number of aliphatic hydroxyl groups is 1. The van der Waals surface area contributed by atoms with E-state index in [0.717, 1.165) is 44.7 Å². The Kier molecular flexibility index (Phi) is 8.33. The Bertz CT molecular complexity index is 497. The van der Waals surface area contributed by atoms with Crippen LogP contribution in [0.3, 0.4) is 0 Å². The van der Waals surface area contributed by atoms with Crippen molar-refractivity contribution in [2.45, 2.75) is 51.7 Å². The smallest absolute Gasteiger partial charge is 0.194 e. The summed E-state index contributed by atoms with van der Waals surface area (Å²) in [6, 6.07) is 8.73. The maximum Gasteiger partial charge on any atom is 0.194 e. The van der Waals surface area contributed by atoms with Gasteiger partial charge in [0.25, 0.3) is 0 Å². The molecule has 0 radical (unpaired) electrons. The Morgan fingerprint density at radius 2 is 1.83 bits per heavy atom. The fourth-order valence-corrected chi connectivity index (χ4v) is 2.66. The molecule has 0 amide bonds. The second-order valence-corrected chi connectivity index (χ2v) is 6.27. The zero-order valence-corrected chi connectivity index (χ0v) is 16.8. The Labute approximate surface area is 157 Å². The molecule has 0 aromatic heterocycles. The van der Waals surface area contributed by atoms with Crippen molar-refractivity contribution < 1.29 is 5.11 Å². The van der Waals surface area contributed by atoms with Gasteiger partial charge in [0.15, 0.2) is 5.96 Å². The van der Waals surface area contributed by atoms with Gasteiger partial charge in [-0.3, -0.25) is 4.99 Å². The fraction of sp³-hybridized carbons (Fsp3) is 0.611. The number of hydrogen-bond acceptors (Lipinski definition) is 2. The summed E-state index contributed by atoms with van der Waals surface area (Å²) in [5, 5.41) is 13.5. The van der Waals surface area contributed by atoms with Crippen LogP contribution in [-0.2, 0) is 13.0 Å². The van der Waals surface area contributed by atoms with Crippen molar-refractivity contribution in [2.75, 3.05) is 20.1 Å². The van der Waals surface area contributed by atoms with E-state index in [2.05, 4.69) is 53.3 Å². The second-order valence-electron chi connectivity index (χ2n) is 6.27. The molecule has 130 valence electrons. The first-order valence-corrected chi connectivity index (χ1v) is 8.36. The summed E-state index contributed by atoms with van der Waals surface area (Å²) in [5.74, 6) is 0.863. The normalized spacial score (nSPS) is 16.3. The average molecular weight is 431 g/mol. The summed E-state index contributed by atoms with van der Waals surface area (Å²) in [4.78, 5) is 6.74. The summed E-state index contributed by atoms with van der Waals surface area (Å²) in [5.41, 5.74) is 2.07. The van der Waals surface area contributed by atoms with Crippen molar-refractivity contribution in [1.82, 2.24) is 10.2 Å². The van der Waals surface area contributed by atoms with Gasteiger partial charge in [-0.15, -0.1) is 24.0 Å². The Balaban J connectivity index is 0.00000264. The van der Waals surface area contributed by atoms with Gasteiger partial charge in [0, 0.05) is 20.1 Å². The van der Waals surface area contributed by atoms with Crippen LogP contribution in [0.5, 0.6) is 0 Å². The van der Waals surface area contributed by atoms with Gasteiger partial charge in [-0.25, -0.2) is 0 Å². The van der Waals surface area contributed by atoms with Crippen LogP contribution in [0.15, 0.2) is 29.3 Å². The molecule has 23 heavy (non-hydrogen) atoms. The van der Waals surface area contributed by atoms with Gasteiger partial charge in [0.2, 0.25) is 0 Å². The van der Waals surface area contributed by atoms with Gasteiger partial charge < -0.3 is 15.3 Å². The van der Waals surface area contributed by atoms with E-state index in [-0.39, 0.29) is 24.0 Å². The van der Waals surface area contributed by atoms with Gasteiger partial charge in [0.1, 0.15) is 0 Å². The molecule has 1 fully saturated rings. The predicted octanol–water partition coefficient (Wildman–Crippen LogP) is 3.18. The molecule has 2 rings (SSSR count). The van der Waals surface area contributed by atoms with E-state index in [9.17, 15) is 5.11 Å². The van der Waals surface area contributed by atoms with Crippen molar-refractivity contribution in [3.8, 4) is 0 Å². The van der Waals surface area contributed by atoms with Crippen LogP contribution in [0.1, 0.15) is 44.2 Å². The van der Waals surface area contributed by atoms with Crippen LogP contribution in [-0.4, -0.2) is 41.7 Å². The number of hydrogen-bond donors (Lipinski definition) is 2. The molecule has 1 aromatic rings. The molecule has 0 unspecified atom stereocenters. The van der Waals surface area contributed by atoms with Crippen molar-refractivity contribution >= 4 is 29.9 Å². The van der Waals surface area contributed by atoms with Crippen molar-refractivity contribution in [3.05, 3.63) is 35.4 Å². The van der Waals surface area contributed by atoms with Gasteiger partial charge in [-0.2, -0.15) is 0 Å². The summed E-state index contributed by atoms with van der Waals surface area (Å²) < 4.78 is 0. The van der Waals surface area contributed by atoms with Crippen LogP contribution < -0.4 is 5.32 Å². The quantitative estimate of drug-likeness (QED) is 0.413. The topological polar surface area (TPSA) is 47.9 Å². The summed E-state index contributed by atoms with van der Waals surface area (Å²) in [6.45, 7) is 6.37. The monoisotopic (exact) mass is 431 g/mol. The number of rotatable bonds is 6. The molecule has 1 aliphatic carbocycles. The van der Waals surface area contributed by atoms with Crippen molar-refractivity contribution in [2.24, 2.45) is 4.99 Å². The number of benzene rings is 1. The highest BCUT2D eigenvalue weighted by Gasteiger charge is 2.34. The zero-order valence-electron chi connectivity index (χ0n) is 14.5. The molecule has 0 aliphatic heterocycles. The Hall–Kier alpha value is -0.820. The highest BCUT2D eigenvalue weighted by Crippen LogP contribution is 2.31. The number of nitrogens with one attached hydrogen (secondary N) is 1. The first-order chi connectivity index (χ1) is 10.6. The van der Waals surface area contributed by atoms with E-state index in [0.29, 0.717) is 6.54 Å². The minimum Gasteiger partial charge on any atom is -0.388 e. The molecule has 0 bridgehead atoms. The van der Waals surface area contributed by atoms with E-state index in [1.54, 1.807) is 0 Å². The first-order valence-electron chi connectivity index (χ1n) is 8.36. The van der Waals surface area contributed by atoms with Gasteiger partial charge in [0.05, 0.1) is 12.1 Å². The van der Waals surface area contributed by atoms with Gasteiger partial charge in [-0.1, -0.05) is 31.2 Å². The van der Waals surface area contributed by atoms with Crippen molar-refractivity contribution in [3.63, 3.8) is 0 Å². The lowest BCUT2D eigenvalue weighted by atomic mass is 9.80. The number of guanidine groups is 1. The maximum absolute atomic E-state index is 10.2. The molecule has 0 heterocycles. The Morgan fingerprint density at radius 3 is 2.30 bits per heavy atom. The molecule has 4 nitrogen and oxygen atoms in total. The van der Waals surface area contributed by atoms with E-state index >= 15 is 0 Å². The summed E-state index contributed by atoms with van der Waals surface area (Å²) in [6.07, 6.45) is 3.93. The molecule has 0 atom stereocenters. The maximum atomic E-state index is 10.2. The van der Waals surface area contributed by atoms with Gasteiger partial charge in [-0.05, 0) is 43.7 Å². The first kappa shape index (κ1) is 20.2. The van der Waals surface area contributed by atoms with Gasteiger partial charge >= 0.3 is 0 Å². The van der Waals surface area contributed by atoms with Crippen LogP contribution in [0.4, 0.5) is 0 Å². The lowest BCUT2D eigenvalue weighted by Crippen LogP contribution is -2.43. The molecule has 1 aromatic carbocycles. The van der Waals surface area contributed by atoms with E-state index in [4.69, 9.17) is 0 Å². The summed E-state index contributed by atoms with van der Waals surface area (Å²) in [7, 11) is 2.04. The zero-order chi connectivity index (χ0) is 16.0. The third-order valence-electron chi connectivity index (χ3n) is 4.35. The lowest BCUT2D eigenvalue weighted by molar-refractivity contribution is -0.0237. The number of nitrogens with zero attached hydrogens (tertiary/aromatic N) is 2. The van der Waals surface area contributed by atoms with Crippen LogP contribution in [0, 0.1) is 0 Å². The number of aryl methyl sites for hydroxylation is 1. The standard InChI is InChI=1S/C18H29N3O.HI/c1-4-15-7-9-16(10-8-15)13-21(3)17(19-5-2)20-14-18(22)11-6-12-18;/h7-10,22H,4-6,11-14H2,1-3H3,(H,19,20);1H. The average Bonchev–Trinajstić information content (AvgIpc) is 2.50. The van der Waals surface area contributed by atoms with E-state index in [1.165, 1.54) is 11.1 Å². The van der Waals surface area contributed by atoms with Crippen LogP contribution >= 0.6 is 24.0 Å². The summed E-state index contributed by atoms with van der Waals surface area (Å²) >= 11 is 0. The predicted molar refractivity (Wildman–Crippen MR) is 107 cm³/mol. The highest BCUT2D eigenvalue weighted by molar-refractivity contribution is 14.0. The van der Waals surface area contributed by atoms with Crippen LogP contribution in [0.2, 0.25) is 0 Å². The largest absolute Gasteiger partial charge is 0.388 e. The molecular weight excluding hydrogens is 401 g/mol. The van der Waals surface area contributed by atoms with E-state index in [1.807, 2.05) is 7.05 Å². The van der Waals surface area contributed by atoms with E-state index < -0.39 is 5.60 Å². The SMILES string of the molecule is CCNC(=NCC1(O)CCC1)N(C)Cc1ccc(CC)cc1.I. The molecule has 2 N–H and O–H groups in total. The third-order valence-corrected chi connectivity index (χ3v) is 4.35. The molecule has 5 heteroatoms. The number of aliphatic imine (C=N–C) groups is 1. The highest BCUT2D eigenvalue weighted by atomic mass is 127. The molecular formula is C18H30IN3O. The number of halogens is 1. The second kappa shape index (κ2) is 9.47. The minimum atomic E-state index is -0.565. The molecule has 1 saturated carbocycles. The third kappa shape index (κ3) is 5.95.